The Bertz CT molecular complexity index is 237. The van der Waals surface area contributed by atoms with Gasteiger partial charge in [0.25, 0.3) is 0 Å². The van der Waals surface area contributed by atoms with E-state index in [9.17, 15) is 4.79 Å². The third kappa shape index (κ3) is 2.92. The molecule has 16 heavy (non-hydrogen) atoms. The summed E-state index contributed by atoms with van der Waals surface area (Å²) < 4.78 is 0. The Morgan fingerprint density at radius 1 is 1.50 bits per heavy atom. The highest BCUT2D eigenvalue weighted by molar-refractivity contribution is 7.99. The van der Waals surface area contributed by atoms with Crippen LogP contribution in [0.25, 0.3) is 0 Å². The Morgan fingerprint density at radius 2 is 2.31 bits per heavy atom. The second-order valence-corrected chi connectivity index (χ2v) is 5.91. The topological polar surface area (TPSA) is 32.3 Å². The maximum atomic E-state index is 12.3. The molecule has 1 aliphatic carbocycles. The molecule has 1 N–H and O–H groups in total. The van der Waals surface area contributed by atoms with Crippen LogP contribution in [0.15, 0.2) is 0 Å². The van der Waals surface area contributed by atoms with Gasteiger partial charge in [0.05, 0.1) is 6.04 Å². The Labute approximate surface area is 102 Å². The van der Waals surface area contributed by atoms with Gasteiger partial charge in [-0.25, -0.2) is 0 Å². The molecular formula is C12H22N2OS. The summed E-state index contributed by atoms with van der Waals surface area (Å²) in [5, 5.41) is 3.33. The summed E-state index contributed by atoms with van der Waals surface area (Å²) in [6, 6.07) is 0.0683. The van der Waals surface area contributed by atoms with Gasteiger partial charge in [-0.1, -0.05) is 6.42 Å². The normalized spacial score (nSPS) is 26.2. The van der Waals surface area contributed by atoms with Crippen LogP contribution in [-0.2, 0) is 4.79 Å². The predicted molar refractivity (Wildman–Crippen MR) is 68.7 cm³/mol. The van der Waals surface area contributed by atoms with Crippen LogP contribution in [-0.4, -0.2) is 48.0 Å². The molecule has 92 valence electrons. The maximum absolute atomic E-state index is 12.3. The van der Waals surface area contributed by atoms with E-state index in [2.05, 4.69) is 12.2 Å². The third-order valence-corrected chi connectivity index (χ3v) is 4.68. The molecule has 1 atom stereocenters. The van der Waals surface area contributed by atoms with Gasteiger partial charge in [-0.05, 0) is 25.7 Å². The highest BCUT2D eigenvalue weighted by Crippen LogP contribution is 2.27. The van der Waals surface area contributed by atoms with E-state index < -0.39 is 0 Å². The Balaban J connectivity index is 1.83. The SMILES string of the molecule is CCN(CC1CCC1)C(=O)C1CSCCN1. The number of hydrogen-bond donors (Lipinski definition) is 1. The lowest BCUT2D eigenvalue weighted by Gasteiger charge is -2.34. The number of likely N-dealkylation sites (N-methyl/N-ethyl adjacent to an activating group) is 1. The van der Waals surface area contributed by atoms with Crippen LogP contribution in [0.2, 0.25) is 0 Å². The minimum Gasteiger partial charge on any atom is -0.341 e. The Morgan fingerprint density at radius 3 is 2.81 bits per heavy atom. The highest BCUT2D eigenvalue weighted by Gasteiger charge is 2.28. The molecule has 0 aromatic rings. The van der Waals surface area contributed by atoms with Gasteiger partial charge in [0.1, 0.15) is 0 Å². The van der Waals surface area contributed by atoms with E-state index in [4.69, 9.17) is 0 Å². The van der Waals surface area contributed by atoms with E-state index in [0.717, 1.165) is 37.1 Å². The minimum absolute atomic E-state index is 0.0683. The zero-order valence-corrected chi connectivity index (χ0v) is 10.9. The lowest BCUT2D eigenvalue weighted by atomic mass is 9.85. The lowest BCUT2D eigenvalue weighted by Crippen LogP contribution is -2.51. The molecule has 0 aromatic carbocycles. The van der Waals surface area contributed by atoms with Crippen LogP contribution in [0.4, 0.5) is 0 Å². The first kappa shape index (κ1) is 12.2. The molecule has 0 aromatic heterocycles. The van der Waals surface area contributed by atoms with Gasteiger partial charge in [0.15, 0.2) is 0 Å². The monoisotopic (exact) mass is 242 g/mol. The van der Waals surface area contributed by atoms with Gasteiger partial charge in [0.2, 0.25) is 5.91 Å². The van der Waals surface area contributed by atoms with Crippen LogP contribution >= 0.6 is 11.8 Å². The standard InChI is InChI=1S/C12H22N2OS/c1-2-14(8-10-4-3-5-10)12(15)11-9-16-7-6-13-11/h10-11,13H,2-9H2,1H3. The predicted octanol–water partition coefficient (Wildman–Crippen LogP) is 1.34. The largest absolute Gasteiger partial charge is 0.341 e. The lowest BCUT2D eigenvalue weighted by molar-refractivity contribution is -0.133. The smallest absolute Gasteiger partial charge is 0.240 e. The Kier molecular flexibility index (Phi) is 4.53. The number of amides is 1. The number of hydrogen-bond acceptors (Lipinski definition) is 3. The second kappa shape index (κ2) is 5.92. The van der Waals surface area contributed by atoms with E-state index in [-0.39, 0.29) is 6.04 Å². The number of thioether (sulfide) groups is 1. The van der Waals surface area contributed by atoms with Gasteiger partial charge in [-0.3, -0.25) is 4.79 Å². The molecule has 2 rings (SSSR count). The molecule has 2 aliphatic rings. The van der Waals surface area contributed by atoms with Gasteiger partial charge in [0, 0.05) is 31.1 Å². The van der Waals surface area contributed by atoms with Gasteiger partial charge in [-0.2, -0.15) is 11.8 Å². The van der Waals surface area contributed by atoms with E-state index in [1.54, 1.807) is 0 Å². The quantitative estimate of drug-likeness (QED) is 0.807. The van der Waals surface area contributed by atoms with Crippen molar-refractivity contribution < 1.29 is 4.79 Å². The molecule has 1 amide bonds. The van der Waals surface area contributed by atoms with Crippen molar-refractivity contribution in [3.05, 3.63) is 0 Å². The van der Waals surface area contributed by atoms with Gasteiger partial charge >= 0.3 is 0 Å². The summed E-state index contributed by atoms with van der Waals surface area (Å²) in [7, 11) is 0. The number of rotatable bonds is 4. The molecule has 1 saturated heterocycles. The molecular weight excluding hydrogens is 220 g/mol. The summed E-state index contributed by atoms with van der Waals surface area (Å²) >= 11 is 1.89. The Hall–Kier alpha value is -0.220. The molecule has 4 heteroatoms. The first-order chi connectivity index (χ1) is 7.81. The van der Waals surface area contributed by atoms with E-state index >= 15 is 0 Å². The molecule has 1 heterocycles. The summed E-state index contributed by atoms with van der Waals surface area (Å²) in [6.07, 6.45) is 3.99. The van der Waals surface area contributed by atoms with Gasteiger partial charge in [-0.15, -0.1) is 0 Å². The van der Waals surface area contributed by atoms with E-state index in [0.29, 0.717) is 5.91 Å². The summed E-state index contributed by atoms with van der Waals surface area (Å²) in [5.41, 5.74) is 0. The van der Waals surface area contributed by atoms with Crippen molar-refractivity contribution in [2.45, 2.75) is 32.2 Å². The number of nitrogens with one attached hydrogen (secondary N) is 1. The molecule has 0 radical (unpaired) electrons. The van der Waals surface area contributed by atoms with E-state index in [1.807, 2.05) is 16.7 Å². The molecule has 1 aliphatic heterocycles. The van der Waals surface area contributed by atoms with Crippen LogP contribution in [0.5, 0.6) is 0 Å². The zero-order chi connectivity index (χ0) is 11.4. The summed E-state index contributed by atoms with van der Waals surface area (Å²) in [4.78, 5) is 14.3. The molecule has 1 unspecified atom stereocenters. The summed E-state index contributed by atoms with van der Waals surface area (Å²) in [6.45, 7) is 4.91. The fraction of sp³-hybridized carbons (Fsp3) is 0.917. The molecule has 0 bridgehead atoms. The van der Waals surface area contributed by atoms with Crippen LogP contribution in [0, 0.1) is 5.92 Å². The first-order valence-corrected chi connectivity index (χ1v) is 7.56. The van der Waals surface area contributed by atoms with Crippen molar-refractivity contribution in [3.8, 4) is 0 Å². The summed E-state index contributed by atoms with van der Waals surface area (Å²) in [5.74, 6) is 3.18. The highest BCUT2D eigenvalue weighted by atomic mass is 32.2. The van der Waals surface area contributed by atoms with Crippen molar-refractivity contribution in [3.63, 3.8) is 0 Å². The second-order valence-electron chi connectivity index (χ2n) is 4.76. The zero-order valence-electron chi connectivity index (χ0n) is 10.1. The van der Waals surface area contributed by atoms with Crippen LogP contribution < -0.4 is 5.32 Å². The van der Waals surface area contributed by atoms with Crippen molar-refractivity contribution in [1.29, 1.82) is 0 Å². The average Bonchev–Trinajstić information content (AvgIpc) is 2.28. The first-order valence-electron chi connectivity index (χ1n) is 6.41. The molecule has 0 spiro atoms. The minimum atomic E-state index is 0.0683. The van der Waals surface area contributed by atoms with Crippen molar-refractivity contribution in [1.82, 2.24) is 10.2 Å². The molecule has 2 fully saturated rings. The fourth-order valence-corrected chi connectivity index (χ4v) is 3.23. The third-order valence-electron chi connectivity index (χ3n) is 3.62. The number of carbonyl (C=O) groups excluding carboxylic acids is 1. The number of carbonyl (C=O) groups is 1. The number of nitrogens with zero attached hydrogens (tertiary/aromatic N) is 1. The van der Waals surface area contributed by atoms with Crippen LogP contribution in [0.1, 0.15) is 26.2 Å². The van der Waals surface area contributed by atoms with Crippen LogP contribution in [0.3, 0.4) is 0 Å². The molecule has 1 saturated carbocycles. The van der Waals surface area contributed by atoms with E-state index in [1.165, 1.54) is 19.3 Å². The molecule has 3 nitrogen and oxygen atoms in total. The van der Waals surface area contributed by atoms with Crippen molar-refractivity contribution in [2.24, 2.45) is 5.92 Å². The average molecular weight is 242 g/mol. The maximum Gasteiger partial charge on any atom is 0.240 e. The fourth-order valence-electron chi connectivity index (χ4n) is 2.31. The van der Waals surface area contributed by atoms with Crippen molar-refractivity contribution >= 4 is 17.7 Å². The van der Waals surface area contributed by atoms with Gasteiger partial charge < -0.3 is 10.2 Å². The van der Waals surface area contributed by atoms with Crippen molar-refractivity contribution in [2.75, 3.05) is 31.1 Å².